The van der Waals surface area contributed by atoms with Crippen LogP contribution >= 0.6 is 15.9 Å². The van der Waals surface area contributed by atoms with Gasteiger partial charge in [0.05, 0.1) is 6.61 Å². The zero-order valence-corrected chi connectivity index (χ0v) is 11.4. The highest BCUT2D eigenvalue weighted by molar-refractivity contribution is 9.10. The first-order valence-corrected chi connectivity index (χ1v) is 5.75. The molecule has 1 N–H and O–H groups in total. The molecule has 0 radical (unpaired) electrons. The molecule has 0 saturated heterocycles. The number of rotatable bonds is 4. The average Bonchev–Trinajstić information content (AvgIpc) is 2.32. The molecule has 0 aromatic carbocycles. The second-order valence-electron chi connectivity index (χ2n) is 3.58. The monoisotopic (exact) mass is 314 g/mol. The lowest BCUT2D eigenvalue weighted by Gasteiger charge is -2.14. The minimum atomic E-state index is -1.14. The molecule has 0 fully saturated rings. The molecular formula is C11H11BrN2O4. The SMILES string of the molecule is COCc1c(Br)c(C)n(CC(=O)O)c(=O)c1C#N. The lowest BCUT2D eigenvalue weighted by molar-refractivity contribution is -0.137. The van der Waals surface area contributed by atoms with Crippen molar-refractivity contribution in [1.82, 2.24) is 4.57 Å². The van der Waals surface area contributed by atoms with Gasteiger partial charge in [-0.2, -0.15) is 5.26 Å². The van der Waals surface area contributed by atoms with Crippen LogP contribution in [0.4, 0.5) is 0 Å². The van der Waals surface area contributed by atoms with Crippen LogP contribution in [0.15, 0.2) is 9.27 Å². The highest BCUT2D eigenvalue weighted by Crippen LogP contribution is 2.23. The van der Waals surface area contributed by atoms with E-state index in [9.17, 15) is 9.59 Å². The summed E-state index contributed by atoms with van der Waals surface area (Å²) in [4.78, 5) is 22.7. The number of nitriles is 1. The van der Waals surface area contributed by atoms with Crippen molar-refractivity contribution in [1.29, 1.82) is 5.26 Å². The van der Waals surface area contributed by atoms with E-state index in [-0.39, 0.29) is 12.2 Å². The number of halogens is 1. The van der Waals surface area contributed by atoms with Gasteiger partial charge in [-0.25, -0.2) is 0 Å². The first-order chi connectivity index (χ1) is 8.43. The van der Waals surface area contributed by atoms with Gasteiger partial charge in [0.1, 0.15) is 18.2 Å². The molecule has 0 aliphatic heterocycles. The molecule has 1 aromatic rings. The van der Waals surface area contributed by atoms with Gasteiger partial charge < -0.3 is 9.84 Å². The summed E-state index contributed by atoms with van der Waals surface area (Å²) in [5.74, 6) is -1.14. The Morgan fingerprint density at radius 3 is 2.67 bits per heavy atom. The Morgan fingerprint density at radius 1 is 1.61 bits per heavy atom. The summed E-state index contributed by atoms with van der Waals surface area (Å²) < 4.78 is 6.50. The van der Waals surface area contributed by atoms with E-state index in [0.717, 1.165) is 4.57 Å². The Hall–Kier alpha value is -1.65. The van der Waals surface area contributed by atoms with E-state index in [1.165, 1.54) is 7.11 Å². The maximum Gasteiger partial charge on any atom is 0.323 e. The largest absolute Gasteiger partial charge is 0.480 e. The van der Waals surface area contributed by atoms with Gasteiger partial charge >= 0.3 is 5.97 Å². The van der Waals surface area contributed by atoms with Crippen molar-refractivity contribution in [2.45, 2.75) is 20.1 Å². The van der Waals surface area contributed by atoms with Crippen molar-refractivity contribution in [3.05, 3.63) is 31.6 Å². The summed E-state index contributed by atoms with van der Waals surface area (Å²) in [6.45, 7) is 1.23. The van der Waals surface area contributed by atoms with Gasteiger partial charge in [0.2, 0.25) is 0 Å². The fourth-order valence-electron chi connectivity index (χ4n) is 1.58. The second-order valence-corrected chi connectivity index (χ2v) is 4.38. The van der Waals surface area contributed by atoms with Crippen molar-refractivity contribution in [2.75, 3.05) is 7.11 Å². The minimum absolute atomic E-state index is 0.101. The van der Waals surface area contributed by atoms with Crippen LogP contribution in [0.1, 0.15) is 16.8 Å². The predicted octanol–water partition coefficient (Wildman–Crippen LogP) is 1.02. The molecule has 1 rings (SSSR count). The molecule has 96 valence electrons. The number of hydrogen-bond acceptors (Lipinski definition) is 4. The molecule has 0 atom stereocenters. The molecule has 0 aliphatic rings. The molecule has 7 heteroatoms. The van der Waals surface area contributed by atoms with Crippen LogP contribution in [-0.4, -0.2) is 22.8 Å². The van der Waals surface area contributed by atoms with Gasteiger partial charge in [0.25, 0.3) is 5.56 Å². The molecule has 18 heavy (non-hydrogen) atoms. The fourth-order valence-corrected chi connectivity index (χ4v) is 2.11. The van der Waals surface area contributed by atoms with Crippen molar-refractivity contribution in [2.24, 2.45) is 0 Å². The molecule has 0 aliphatic carbocycles. The van der Waals surface area contributed by atoms with E-state index < -0.39 is 18.1 Å². The number of carbonyl (C=O) groups is 1. The number of nitrogens with zero attached hydrogens (tertiary/aromatic N) is 2. The summed E-state index contributed by atoms with van der Waals surface area (Å²) in [5.41, 5.74) is 0.167. The smallest absolute Gasteiger partial charge is 0.323 e. The zero-order chi connectivity index (χ0) is 13.9. The van der Waals surface area contributed by atoms with Gasteiger partial charge in [-0.1, -0.05) is 0 Å². The maximum absolute atomic E-state index is 12.0. The topological polar surface area (TPSA) is 92.3 Å². The van der Waals surface area contributed by atoms with E-state index in [1.807, 2.05) is 0 Å². The predicted molar refractivity (Wildman–Crippen MR) is 66.2 cm³/mol. The molecular weight excluding hydrogens is 304 g/mol. The highest BCUT2D eigenvalue weighted by atomic mass is 79.9. The summed E-state index contributed by atoms with van der Waals surface area (Å²) in [6, 6.07) is 1.79. The Balaban J connectivity index is 3.61. The van der Waals surface area contributed by atoms with E-state index >= 15 is 0 Å². The summed E-state index contributed by atoms with van der Waals surface area (Å²) >= 11 is 3.26. The van der Waals surface area contributed by atoms with Crippen molar-refractivity contribution in [3.8, 4) is 6.07 Å². The number of methoxy groups -OCH3 is 1. The third kappa shape index (κ3) is 2.60. The van der Waals surface area contributed by atoms with Gasteiger partial charge in [-0.3, -0.25) is 14.2 Å². The Labute approximate surface area is 112 Å². The second kappa shape index (κ2) is 5.80. The summed E-state index contributed by atoms with van der Waals surface area (Å²) in [5, 5.41) is 17.8. The first kappa shape index (κ1) is 14.4. The molecule has 0 amide bonds. The molecule has 6 nitrogen and oxygen atoms in total. The lowest BCUT2D eigenvalue weighted by atomic mass is 10.1. The van der Waals surface area contributed by atoms with Crippen LogP contribution in [0.25, 0.3) is 0 Å². The van der Waals surface area contributed by atoms with Gasteiger partial charge in [0, 0.05) is 22.8 Å². The standard InChI is InChI=1S/C11H11BrN2O4/c1-6-10(12)8(5-18-2)7(3-13)11(17)14(6)4-9(15)16/h4-5H2,1-2H3,(H,15,16). The number of carboxylic acids is 1. The summed E-state index contributed by atoms with van der Waals surface area (Å²) in [6.07, 6.45) is 0. The number of carboxylic acid groups (broad SMARTS) is 1. The molecule has 1 heterocycles. The maximum atomic E-state index is 12.0. The van der Waals surface area contributed by atoms with E-state index in [0.29, 0.717) is 15.7 Å². The Bertz CT molecular complexity index is 586. The Kier molecular flexibility index (Phi) is 4.64. The quantitative estimate of drug-likeness (QED) is 0.895. The molecule has 0 unspecified atom stereocenters. The van der Waals surface area contributed by atoms with Crippen LogP contribution in [0.2, 0.25) is 0 Å². The zero-order valence-electron chi connectivity index (χ0n) is 9.86. The van der Waals surface area contributed by atoms with Crippen molar-refractivity contribution < 1.29 is 14.6 Å². The van der Waals surface area contributed by atoms with Gasteiger partial charge in [-0.05, 0) is 22.9 Å². The normalized spacial score (nSPS) is 10.1. The van der Waals surface area contributed by atoms with Gasteiger partial charge in [0.15, 0.2) is 0 Å². The lowest BCUT2D eigenvalue weighted by Crippen LogP contribution is -2.30. The van der Waals surface area contributed by atoms with Crippen LogP contribution < -0.4 is 5.56 Å². The van der Waals surface area contributed by atoms with Crippen LogP contribution in [-0.2, 0) is 22.7 Å². The van der Waals surface area contributed by atoms with E-state index in [2.05, 4.69) is 15.9 Å². The van der Waals surface area contributed by atoms with Crippen LogP contribution in [0.3, 0.4) is 0 Å². The number of ether oxygens (including phenoxy) is 1. The molecule has 0 spiro atoms. The average molecular weight is 315 g/mol. The number of aromatic nitrogens is 1. The third-order valence-corrected chi connectivity index (χ3v) is 3.49. The van der Waals surface area contributed by atoms with E-state index in [4.69, 9.17) is 15.1 Å². The fraction of sp³-hybridized carbons (Fsp3) is 0.364. The summed E-state index contributed by atoms with van der Waals surface area (Å²) in [7, 11) is 1.45. The van der Waals surface area contributed by atoms with E-state index in [1.54, 1.807) is 13.0 Å². The number of aliphatic carboxylic acids is 1. The highest BCUT2D eigenvalue weighted by Gasteiger charge is 2.19. The number of hydrogen-bond donors (Lipinski definition) is 1. The first-order valence-electron chi connectivity index (χ1n) is 4.96. The Morgan fingerprint density at radius 2 is 2.22 bits per heavy atom. The van der Waals surface area contributed by atoms with Crippen LogP contribution in [0, 0.1) is 18.3 Å². The van der Waals surface area contributed by atoms with Crippen LogP contribution in [0.5, 0.6) is 0 Å². The van der Waals surface area contributed by atoms with Crippen molar-refractivity contribution >= 4 is 21.9 Å². The van der Waals surface area contributed by atoms with Gasteiger partial charge in [-0.15, -0.1) is 0 Å². The molecule has 0 saturated carbocycles. The molecule has 0 bridgehead atoms. The molecule has 1 aromatic heterocycles. The number of pyridine rings is 1. The third-order valence-electron chi connectivity index (χ3n) is 2.44. The minimum Gasteiger partial charge on any atom is -0.480 e. The van der Waals surface area contributed by atoms with Crippen molar-refractivity contribution in [3.63, 3.8) is 0 Å².